The minimum Gasteiger partial charge on any atom is -0.497 e. The maximum Gasteiger partial charge on any atom is 0.224 e. The molecule has 0 spiro atoms. The van der Waals surface area contributed by atoms with Gasteiger partial charge in [0, 0.05) is 26.1 Å². The fourth-order valence-electron chi connectivity index (χ4n) is 2.29. The molecule has 0 saturated heterocycles. The Morgan fingerprint density at radius 1 is 1.17 bits per heavy atom. The zero-order valence-corrected chi connectivity index (χ0v) is 14.3. The summed E-state index contributed by atoms with van der Waals surface area (Å²) in [7, 11) is 3.42. The van der Waals surface area contributed by atoms with Gasteiger partial charge in [-0.15, -0.1) is 12.4 Å². The van der Waals surface area contributed by atoms with Crippen LogP contribution >= 0.6 is 12.4 Å². The SMILES string of the molecule is COc1cccc(CN(C)C(=O)CC(N)c2ccccc2)c1.Cl. The van der Waals surface area contributed by atoms with Crippen molar-refractivity contribution in [2.24, 2.45) is 5.73 Å². The zero-order valence-electron chi connectivity index (χ0n) is 13.4. The lowest BCUT2D eigenvalue weighted by atomic mass is 10.0. The standard InChI is InChI=1S/C18H22N2O2.ClH/c1-20(13-14-7-6-10-16(11-14)22-2)18(21)12-17(19)15-8-4-3-5-9-15;/h3-11,17H,12-13,19H2,1-2H3;1H. The Balaban J connectivity index is 0.00000264. The number of halogens is 1. The molecule has 2 aromatic rings. The van der Waals surface area contributed by atoms with E-state index < -0.39 is 0 Å². The summed E-state index contributed by atoms with van der Waals surface area (Å²) in [6, 6.07) is 17.1. The van der Waals surface area contributed by atoms with Crippen LogP contribution in [0.4, 0.5) is 0 Å². The average Bonchev–Trinajstić information content (AvgIpc) is 2.55. The first-order valence-electron chi connectivity index (χ1n) is 7.27. The number of rotatable bonds is 6. The Morgan fingerprint density at radius 3 is 2.52 bits per heavy atom. The van der Waals surface area contributed by atoms with Crippen molar-refractivity contribution in [2.45, 2.75) is 19.0 Å². The molecular weight excluding hydrogens is 312 g/mol. The summed E-state index contributed by atoms with van der Waals surface area (Å²) in [4.78, 5) is 14.0. The van der Waals surface area contributed by atoms with Gasteiger partial charge in [0.25, 0.3) is 0 Å². The van der Waals surface area contributed by atoms with Gasteiger partial charge in [0.05, 0.1) is 7.11 Å². The number of methoxy groups -OCH3 is 1. The predicted octanol–water partition coefficient (Wildman–Crippen LogP) is 3.17. The van der Waals surface area contributed by atoms with Crippen molar-refractivity contribution in [3.8, 4) is 5.75 Å². The van der Waals surface area contributed by atoms with E-state index in [0.717, 1.165) is 16.9 Å². The van der Waals surface area contributed by atoms with Crippen LogP contribution in [0.2, 0.25) is 0 Å². The van der Waals surface area contributed by atoms with E-state index in [1.54, 1.807) is 19.1 Å². The molecule has 0 aliphatic carbocycles. The van der Waals surface area contributed by atoms with Gasteiger partial charge in [0.2, 0.25) is 5.91 Å². The van der Waals surface area contributed by atoms with Crippen molar-refractivity contribution in [2.75, 3.05) is 14.2 Å². The normalized spacial score (nSPS) is 11.3. The van der Waals surface area contributed by atoms with Crippen molar-refractivity contribution >= 4 is 18.3 Å². The van der Waals surface area contributed by atoms with E-state index in [2.05, 4.69) is 0 Å². The van der Waals surface area contributed by atoms with E-state index in [1.807, 2.05) is 54.6 Å². The maximum atomic E-state index is 12.3. The lowest BCUT2D eigenvalue weighted by Gasteiger charge is -2.20. The molecule has 23 heavy (non-hydrogen) atoms. The lowest BCUT2D eigenvalue weighted by Crippen LogP contribution is -2.29. The molecule has 0 saturated carbocycles. The van der Waals surface area contributed by atoms with E-state index in [4.69, 9.17) is 10.5 Å². The van der Waals surface area contributed by atoms with Gasteiger partial charge in [0.15, 0.2) is 0 Å². The van der Waals surface area contributed by atoms with Crippen LogP contribution in [-0.2, 0) is 11.3 Å². The number of carbonyl (C=O) groups excluding carboxylic acids is 1. The topological polar surface area (TPSA) is 55.6 Å². The lowest BCUT2D eigenvalue weighted by molar-refractivity contribution is -0.130. The van der Waals surface area contributed by atoms with Crippen LogP contribution in [0.1, 0.15) is 23.6 Å². The summed E-state index contributed by atoms with van der Waals surface area (Å²) in [5.74, 6) is 0.818. The third-order valence-electron chi connectivity index (χ3n) is 3.60. The van der Waals surface area contributed by atoms with Gasteiger partial charge in [-0.3, -0.25) is 4.79 Å². The van der Waals surface area contributed by atoms with Crippen LogP contribution in [0.3, 0.4) is 0 Å². The van der Waals surface area contributed by atoms with Crippen LogP contribution in [0.25, 0.3) is 0 Å². The monoisotopic (exact) mass is 334 g/mol. The highest BCUT2D eigenvalue weighted by Gasteiger charge is 2.15. The van der Waals surface area contributed by atoms with Crippen molar-refractivity contribution in [3.05, 3.63) is 65.7 Å². The molecule has 4 nitrogen and oxygen atoms in total. The van der Waals surface area contributed by atoms with E-state index in [1.165, 1.54) is 0 Å². The predicted molar refractivity (Wildman–Crippen MR) is 94.7 cm³/mol. The minimum absolute atomic E-state index is 0. The molecule has 2 N–H and O–H groups in total. The third kappa shape index (κ3) is 5.58. The number of nitrogens with zero attached hydrogens (tertiary/aromatic N) is 1. The Bertz CT molecular complexity index is 619. The molecule has 124 valence electrons. The van der Waals surface area contributed by atoms with Crippen molar-refractivity contribution in [3.63, 3.8) is 0 Å². The molecule has 5 heteroatoms. The summed E-state index contributed by atoms with van der Waals surface area (Å²) < 4.78 is 5.20. The molecule has 0 bridgehead atoms. The molecule has 0 aliphatic rings. The number of benzene rings is 2. The first kappa shape index (κ1) is 19.0. The van der Waals surface area contributed by atoms with Crippen LogP contribution < -0.4 is 10.5 Å². The first-order chi connectivity index (χ1) is 10.6. The number of hydrogen-bond acceptors (Lipinski definition) is 3. The van der Waals surface area contributed by atoms with Gasteiger partial charge >= 0.3 is 0 Å². The molecule has 0 heterocycles. The van der Waals surface area contributed by atoms with Gasteiger partial charge in [0.1, 0.15) is 5.75 Å². The molecule has 2 aromatic carbocycles. The van der Waals surface area contributed by atoms with Crippen molar-refractivity contribution in [1.82, 2.24) is 4.90 Å². The Labute approximate surface area is 143 Å². The molecule has 1 unspecified atom stereocenters. The van der Waals surface area contributed by atoms with Crippen LogP contribution in [-0.4, -0.2) is 25.0 Å². The number of carbonyl (C=O) groups is 1. The molecule has 1 amide bonds. The fourth-order valence-corrected chi connectivity index (χ4v) is 2.29. The molecule has 0 aromatic heterocycles. The second kappa shape index (κ2) is 9.18. The smallest absolute Gasteiger partial charge is 0.224 e. The van der Waals surface area contributed by atoms with Gasteiger partial charge in [-0.05, 0) is 23.3 Å². The largest absolute Gasteiger partial charge is 0.497 e. The summed E-state index contributed by atoms with van der Waals surface area (Å²) in [6.07, 6.45) is 0.296. The summed E-state index contributed by atoms with van der Waals surface area (Å²) in [5.41, 5.74) is 8.11. The van der Waals surface area contributed by atoms with Crippen LogP contribution in [0.15, 0.2) is 54.6 Å². The van der Waals surface area contributed by atoms with E-state index in [-0.39, 0.29) is 24.4 Å². The van der Waals surface area contributed by atoms with E-state index in [0.29, 0.717) is 13.0 Å². The minimum atomic E-state index is -0.276. The molecule has 0 radical (unpaired) electrons. The third-order valence-corrected chi connectivity index (χ3v) is 3.60. The van der Waals surface area contributed by atoms with Crippen molar-refractivity contribution < 1.29 is 9.53 Å². The van der Waals surface area contributed by atoms with Gasteiger partial charge in [-0.1, -0.05) is 42.5 Å². The van der Waals surface area contributed by atoms with Gasteiger partial charge < -0.3 is 15.4 Å². The highest BCUT2D eigenvalue weighted by atomic mass is 35.5. The molecule has 0 aliphatic heterocycles. The van der Waals surface area contributed by atoms with E-state index in [9.17, 15) is 4.79 Å². The van der Waals surface area contributed by atoms with Crippen LogP contribution in [0.5, 0.6) is 5.75 Å². The van der Waals surface area contributed by atoms with Crippen molar-refractivity contribution in [1.29, 1.82) is 0 Å². The van der Waals surface area contributed by atoms with Crippen LogP contribution in [0, 0.1) is 0 Å². The highest BCUT2D eigenvalue weighted by Crippen LogP contribution is 2.17. The summed E-state index contributed by atoms with van der Waals surface area (Å²) in [6.45, 7) is 0.539. The maximum absolute atomic E-state index is 12.3. The molecular formula is C18H23ClN2O2. The van der Waals surface area contributed by atoms with Gasteiger partial charge in [-0.2, -0.15) is 0 Å². The summed E-state index contributed by atoms with van der Waals surface area (Å²) >= 11 is 0. The molecule has 2 rings (SSSR count). The zero-order chi connectivity index (χ0) is 15.9. The number of ether oxygens (including phenoxy) is 1. The Morgan fingerprint density at radius 2 is 1.87 bits per heavy atom. The summed E-state index contributed by atoms with van der Waals surface area (Å²) in [5, 5.41) is 0. The Hall–Kier alpha value is -2.04. The average molecular weight is 335 g/mol. The number of hydrogen-bond donors (Lipinski definition) is 1. The highest BCUT2D eigenvalue weighted by molar-refractivity contribution is 5.85. The second-order valence-electron chi connectivity index (χ2n) is 5.32. The Kier molecular flexibility index (Phi) is 7.59. The molecule has 1 atom stereocenters. The second-order valence-corrected chi connectivity index (χ2v) is 5.32. The number of nitrogens with two attached hydrogens (primary N) is 1. The quantitative estimate of drug-likeness (QED) is 0.882. The molecule has 0 fully saturated rings. The number of amides is 1. The van der Waals surface area contributed by atoms with E-state index >= 15 is 0 Å². The van der Waals surface area contributed by atoms with Gasteiger partial charge in [-0.25, -0.2) is 0 Å². The fraction of sp³-hybridized carbons (Fsp3) is 0.278. The first-order valence-corrected chi connectivity index (χ1v) is 7.27.